The molecule has 122 valence electrons. The Kier molecular flexibility index (Phi) is 5.66. The Bertz CT molecular complexity index is 515. The molecule has 0 fully saturated rings. The van der Waals surface area contributed by atoms with Crippen molar-refractivity contribution in [3.63, 3.8) is 0 Å². The van der Waals surface area contributed by atoms with Gasteiger partial charge in [0, 0.05) is 19.5 Å². The smallest absolute Gasteiger partial charge is 0.239 e. The van der Waals surface area contributed by atoms with Gasteiger partial charge in [-0.3, -0.25) is 4.79 Å². The Morgan fingerprint density at radius 1 is 1.23 bits per heavy atom. The molecule has 0 saturated heterocycles. The molecule has 0 unspecified atom stereocenters. The summed E-state index contributed by atoms with van der Waals surface area (Å²) in [5.74, 6) is 1.90. The van der Waals surface area contributed by atoms with Crippen LogP contribution in [0.5, 0.6) is 11.5 Å². The monoisotopic (exact) mass is 306 g/mol. The van der Waals surface area contributed by atoms with Crippen LogP contribution >= 0.6 is 0 Å². The summed E-state index contributed by atoms with van der Waals surface area (Å²) in [5.41, 5.74) is 6.79. The topological polar surface area (TPSA) is 64.8 Å². The van der Waals surface area contributed by atoms with Gasteiger partial charge in [0.05, 0.1) is 19.3 Å². The third kappa shape index (κ3) is 4.37. The fourth-order valence-corrected chi connectivity index (χ4v) is 2.49. The lowest BCUT2D eigenvalue weighted by molar-refractivity contribution is -0.133. The predicted molar refractivity (Wildman–Crippen MR) is 86.0 cm³/mol. The lowest BCUT2D eigenvalue weighted by Gasteiger charge is -2.26. The van der Waals surface area contributed by atoms with Crippen molar-refractivity contribution in [2.24, 2.45) is 11.7 Å². The van der Waals surface area contributed by atoms with Gasteiger partial charge in [-0.1, -0.05) is 19.9 Å². The number of rotatable bonds is 5. The van der Waals surface area contributed by atoms with Gasteiger partial charge in [0.1, 0.15) is 0 Å². The van der Waals surface area contributed by atoms with Crippen molar-refractivity contribution in [3.05, 3.63) is 23.8 Å². The second-order valence-electron chi connectivity index (χ2n) is 6.23. The minimum atomic E-state index is -0.487. The van der Waals surface area contributed by atoms with E-state index < -0.39 is 6.04 Å². The van der Waals surface area contributed by atoms with Crippen molar-refractivity contribution >= 4 is 5.91 Å². The van der Waals surface area contributed by atoms with Crippen LogP contribution in [-0.4, -0.2) is 36.6 Å². The van der Waals surface area contributed by atoms with Crippen molar-refractivity contribution in [1.82, 2.24) is 4.90 Å². The lowest BCUT2D eigenvalue weighted by Crippen LogP contribution is -2.43. The number of hydrogen-bond acceptors (Lipinski definition) is 4. The number of carbonyl (C=O) groups excluding carboxylic acids is 1. The molecule has 1 aromatic carbocycles. The molecule has 2 N–H and O–H groups in total. The maximum Gasteiger partial charge on any atom is 0.239 e. The molecule has 1 aromatic rings. The van der Waals surface area contributed by atoms with Crippen molar-refractivity contribution in [2.75, 3.05) is 19.8 Å². The van der Waals surface area contributed by atoms with Crippen molar-refractivity contribution in [3.8, 4) is 11.5 Å². The Morgan fingerprint density at radius 2 is 1.91 bits per heavy atom. The molecule has 1 atom stereocenters. The second kappa shape index (κ2) is 7.49. The molecule has 1 heterocycles. The molecule has 1 amide bonds. The zero-order valence-corrected chi connectivity index (χ0v) is 13.7. The zero-order chi connectivity index (χ0) is 16.1. The molecule has 22 heavy (non-hydrogen) atoms. The van der Waals surface area contributed by atoms with Gasteiger partial charge < -0.3 is 20.1 Å². The van der Waals surface area contributed by atoms with E-state index >= 15 is 0 Å². The Hall–Kier alpha value is -1.75. The van der Waals surface area contributed by atoms with Crippen LogP contribution in [0.4, 0.5) is 0 Å². The highest BCUT2D eigenvalue weighted by Gasteiger charge is 2.20. The van der Waals surface area contributed by atoms with E-state index in [-0.39, 0.29) is 5.91 Å². The summed E-state index contributed by atoms with van der Waals surface area (Å²) in [5, 5.41) is 0. The Morgan fingerprint density at radius 3 is 2.55 bits per heavy atom. The molecule has 0 spiro atoms. The average Bonchev–Trinajstić information content (AvgIpc) is 2.70. The van der Waals surface area contributed by atoms with Crippen LogP contribution in [0.2, 0.25) is 0 Å². The first-order valence-corrected chi connectivity index (χ1v) is 7.90. The summed E-state index contributed by atoms with van der Waals surface area (Å²) in [6.07, 6.45) is 0.882. The van der Waals surface area contributed by atoms with Crippen LogP contribution < -0.4 is 15.2 Å². The molecule has 0 radical (unpaired) electrons. The number of fused-ring (bicyclic) bond motifs is 1. The largest absolute Gasteiger partial charge is 0.490 e. The van der Waals surface area contributed by atoms with E-state index in [1.54, 1.807) is 6.92 Å². The van der Waals surface area contributed by atoms with Crippen molar-refractivity contribution in [1.29, 1.82) is 0 Å². The van der Waals surface area contributed by atoms with Gasteiger partial charge >= 0.3 is 0 Å². The van der Waals surface area contributed by atoms with E-state index in [0.29, 0.717) is 32.2 Å². The molecule has 2 rings (SSSR count). The SMILES string of the molecule is CC(C)CN(Cc1ccc2c(c1)OCCCO2)C(=O)[C@@H](C)N. The normalized spacial score (nSPS) is 15.3. The van der Waals surface area contributed by atoms with Crippen LogP contribution in [0.3, 0.4) is 0 Å². The molecule has 1 aliphatic heterocycles. The van der Waals surface area contributed by atoms with Crippen LogP contribution in [0, 0.1) is 5.92 Å². The van der Waals surface area contributed by atoms with Gasteiger partial charge in [-0.2, -0.15) is 0 Å². The first-order chi connectivity index (χ1) is 10.5. The van der Waals surface area contributed by atoms with E-state index in [2.05, 4.69) is 13.8 Å². The molecule has 5 nitrogen and oxygen atoms in total. The van der Waals surface area contributed by atoms with Gasteiger partial charge in [0.2, 0.25) is 5.91 Å². The number of ether oxygens (including phenoxy) is 2. The highest BCUT2D eigenvalue weighted by atomic mass is 16.5. The Labute approximate surface area is 132 Å². The number of nitrogens with two attached hydrogens (primary N) is 1. The summed E-state index contributed by atoms with van der Waals surface area (Å²) in [7, 11) is 0. The fraction of sp³-hybridized carbons (Fsp3) is 0.588. The third-order valence-corrected chi connectivity index (χ3v) is 3.47. The zero-order valence-electron chi connectivity index (χ0n) is 13.7. The molecule has 5 heteroatoms. The number of benzene rings is 1. The highest BCUT2D eigenvalue weighted by molar-refractivity contribution is 5.81. The van der Waals surface area contributed by atoms with Crippen LogP contribution in [0.1, 0.15) is 32.8 Å². The van der Waals surface area contributed by atoms with E-state index in [0.717, 1.165) is 23.5 Å². The highest BCUT2D eigenvalue weighted by Crippen LogP contribution is 2.30. The fourth-order valence-electron chi connectivity index (χ4n) is 2.49. The van der Waals surface area contributed by atoms with Gasteiger partial charge in [-0.05, 0) is 30.5 Å². The van der Waals surface area contributed by atoms with E-state index in [1.807, 2.05) is 23.1 Å². The summed E-state index contributed by atoms with van der Waals surface area (Å²) in [4.78, 5) is 14.1. The summed E-state index contributed by atoms with van der Waals surface area (Å²) >= 11 is 0. The van der Waals surface area contributed by atoms with Gasteiger partial charge in [0.15, 0.2) is 11.5 Å². The van der Waals surface area contributed by atoms with Crippen molar-refractivity contribution in [2.45, 2.75) is 39.8 Å². The predicted octanol–water partition coefficient (Wildman–Crippen LogP) is 2.18. The van der Waals surface area contributed by atoms with Gasteiger partial charge in [0.25, 0.3) is 0 Å². The van der Waals surface area contributed by atoms with Crippen LogP contribution in [0.25, 0.3) is 0 Å². The van der Waals surface area contributed by atoms with E-state index in [9.17, 15) is 4.79 Å². The van der Waals surface area contributed by atoms with Crippen LogP contribution in [0.15, 0.2) is 18.2 Å². The minimum absolute atomic E-state index is 0.0270. The molecular formula is C17H26N2O3. The second-order valence-corrected chi connectivity index (χ2v) is 6.23. The number of hydrogen-bond donors (Lipinski definition) is 1. The quantitative estimate of drug-likeness (QED) is 0.905. The molecule has 0 aliphatic carbocycles. The average molecular weight is 306 g/mol. The van der Waals surface area contributed by atoms with Crippen LogP contribution in [-0.2, 0) is 11.3 Å². The number of amides is 1. The third-order valence-electron chi connectivity index (χ3n) is 3.47. The number of carbonyl (C=O) groups is 1. The van der Waals surface area contributed by atoms with Gasteiger partial charge in [-0.15, -0.1) is 0 Å². The summed E-state index contributed by atoms with van der Waals surface area (Å²) in [6.45, 7) is 8.47. The molecule has 1 aliphatic rings. The maximum absolute atomic E-state index is 12.3. The molecule has 0 saturated carbocycles. The van der Waals surface area contributed by atoms with E-state index in [4.69, 9.17) is 15.2 Å². The first-order valence-electron chi connectivity index (χ1n) is 7.90. The Balaban J connectivity index is 2.15. The maximum atomic E-state index is 12.3. The minimum Gasteiger partial charge on any atom is -0.490 e. The molecular weight excluding hydrogens is 280 g/mol. The standard InChI is InChI=1S/C17H26N2O3/c1-12(2)10-19(17(20)13(3)18)11-14-5-6-15-16(9-14)22-8-4-7-21-15/h5-6,9,12-13H,4,7-8,10-11,18H2,1-3H3/t13-/m1/s1. The summed E-state index contributed by atoms with van der Waals surface area (Å²) in [6, 6.07) is 5.37. The molecule has 0 bridgehead atoms. The lowest BCUT2D eigenvalue weighted by atomic mass is 10.1. The van der Waals surface area contributed by atoms with Gasteiger partial charge in [-0.25, -0.2) is 0 Å². The van der Waals surface area contributed by atoms with E-state index in [1.165, 1.54) is 0 Å². The van der Waals surface area contributed by atoms with Crippen molar-refractivity contribution < 1.29 is 14.3 Å². The number of nitrogens with zero attached hydrogens (tertiary/aromatic N) is 1. The molecule has 0 aromatic heterocycles. The summed E-state index contributed by atoms with van der Waals surface area (Å²) < 4.78 is 11.3. The first kappa shape index (κ1) is 16.6.